The summed E-state index contributed by atoms with van der Waals surface area (Å²) in [6.07, 6.45) is 0.328. The first-order valence-electron chi connectivity index (χ1n) is 7.42. The van der Waals surface area contributed by atoms with Gasteiger partial charge in [0.15, 0.2) is 0 Å². The van der Waals surface area contributed by atoms with E-state index < -0.39 is 13.3 Å². The van der Waals surface area contributed by atoms with Gasteiger partial charge in [-0.05, 0) is 23.6 Å². The van der Waals surface area contributed by atoms with Crippen LogP contribution in [0.2, 0.25) is 0 Å². The largest absolute Gasteiger partial charge is 0.496 e. The third-order valence-electron chi connectivity index (χ3n) is 3.77. The fraction of sp³-hybridized carbons (Fsp3) is 0.278. The molecule has 0 bridgehead atoms. The zero-order valence-electron chi connectivity index (χ0n) is 13.5. The van der Waals surface area contributed by atoms with E-state index in [1.807, 2.05) is 37.3 Å². The molecule has 0 aromatic heterocycles. The van der Waals surface area contributed by atoms with Crippen LogP contribution in [0.25, 0.3) is 0 Å². The van der Waals surface area contributed by atoms with Gasteiger partial charge in [-0.15, -0.1) is 0 Å². The summed E-state index contributed by atoms with van der Waals surface area (Å²) in [5.41, 5.74) is 0.944. The molecular formula is C18H21O4P. The molecule has 0 N–H and O–H groups in total. The highest BCUT2D eigenvalue weighted by Crippen LogP contribution is 2.39. The van der Waals surface area contributed by atoms with Crippen LogP contribution in [0.4, 0.5) is 0 Å². The van der Waals surface area contributed by atoms with E-state index >= 15 is 0 Å². The number of carbonyl (C=O) groups excluding carboxylic acids is 1. The Morgan fingerprint density at radius 1 is 1.00 bits per heavy atom. The summed E-state index contributed by atoms with van der Waals surface area (Å²) in [7, 11) is 0.484. The fourth-order valence-electron chi connectivity index (χ4n) is 2.48. The maximum absolute atomic E-state index is 12.6. The van der Waals surface area contributed by atoms with E-state index in [4.69, 9.17) is 9.47 Å². The zero-order valence-corrected chi connectivity index (χ0v) is 14.5. The van der Waals surface area contributed by atoms with Crippen LogP contribution in [-0.4, -0.2) is 25.9 Å². The minimum atomic E-state index is -2.48. The van der Waals surface area contributed by atoms with Gasteiger partial charge in [0.25, 0.3) is 0 Å². The summed E-state index contributed by atoms with van der Waals surface area (Å²) in [5, 5.41) is 0. The Labute approximate surface area is 137 Å². The van der Waals surface area contributed by atoms with Gasteiger partial charge in [-0.2, -0.15) is 0 Å². The van der Waals surface area contributed by atoms with Gasteiger partial charge in [0, 0.05) is 6.16 Å². The second-order valence-corrected chi connectivity index (χ2v) is 7.01. The highest BCUT2D eigenvalue weighted by molar-refractivity contribution is 7.64. The van der Waals surface area contributed by atoms with Gasteiger partial charge in [-0.3, -0.25) is 4.79 Å². The summed E-state index contributed by atoms with van der Waals surface area (Å²) in [5.74, 6) is 0.826. The highest BCUT2D eigenvalue weighted by atomic mass is 31.1. The molecule has 5 heteroatoms. The number of ether oxygens (including phenoxy) is 2. The van der Waals surface area contributed by atoms with Crippen molar-refractivity contribution in [3.05, 3.63) is 59.7 Å². The molecule has 2 unspecified atom stereocenters. The molecule has 0 spiro atoms. The van der Waals surface area contributed by atoms with Crippen molar-refractivity contribution in [2.45, 2.75) is 12.8 Å². The van der Waals surface area contributed by atoms with E-state index in [9.17, 15) is 9.36 Å². The van der Waals surface area contributed by atoms with Crippen molar-refractivity contribution in [3.63, 3.8) is 0 Å². The van der Waals surface area contributed by atoms with Crippen LogP contribution in [0, 0.1) is 0 Å². The van der Waals surface area contributed by atoms with Gasteiger partial charge in [0.1, 0.15) is 24.9 Å². The van der Waals surface area contributed by atoms with E-state index in [0.717, 1.165) is 5.56 Å². The third kappa shape index (κ3) is 4.02. The molecule has 0 radical (unpaired) electrons. The number of rotatable bonds is 7. The van der Waals surface area contributed by atoms with Crippen LogP contribution < -0.4 is 9.47 Å². The first-order valence-corrected chi connectivity index (χ1v) is 9.03. The minimum Gasteiger partial charge on any atom is -0.496 e. The molecule has 2 aromatic carbocycles. The van der Waals surface area contributed by atoms with Crippen LogP contribution in [0.15, 0.2) is 48.5 Å². The Morgan fingerprint density at radius 3 is 2.09 bits per heavy atom. The molecular weight excluding hydrogens is 311 g/mol. The van der Waals surface area contributed by atoms with Gasteiger partial charge in [-0.25, -0.2) is 0 Å². The Kier molecular flexibility index (Phi) is 6.00. The van der Waals surface area contributed by atoms with E-state index in [-0.39, 0.29) is 11.5 Å². The van der Waals surface area contributed by atoms with Crippen LogP contribution in [-0.2, 0) is 4.57 Å². The molecule has 0 saturated carbocycles. The number of hydrogen-bond acceptors (Lipinski definition) is 4. The number of carbonyl (C=O) groups is 1. The van der Waals surface area contributed by atoms with Gasteiger partial charge in [0.05, 0.1) is 14.2 Å². The molecule has 2 atom stereocenters. The quantitative estimate of drug-likeness (QED) is 0.713. The van der Waals surface area contributed by atoms with Gasteiger partial charge in [-0.1, -0.05) is 43.3 Å². The maximum Gasteiger partial charge on any atom is 0.225 e. The number of benzene rings is 2. The summed E-state index contributed by atoms with van der Waals surface area (Å²) >= 11 is 0. The van der Waals surface area contributed by atoms with Crippen molar-refractivity contribution >= 4 is 13.3 Å². The first kappa shape index (κ1) is 17.3. The van der Waals surface area contributed by atoms with Crippen molar-refractivity contribution in [3.8, 4) is 11.5 Å². The molecule has 122 valence electrons. The molecule has 4 nitrogen and oxygen atoms in total. The molecule has 2 aromatic rings. The summed E-state index contributed by atoms with van der Waals surface area (Å²) in [6.45, 7) is 1.98. The standard InChI is InChI=1S/C18H21O4P/c1-13(14-8-5-4-6-9-14)12-23(20)18(19)17-15(21-2)10-7-11-16(17)22-3/h4-11,13,23H,12H2,1-3H3. The molecule has 0 amide bonds. The Hall–Kier alpha value is -2.06. The fourth-order valence-corrected chi connectivity index (χ4v) is 3.99. The molecule has 0 fully saturated rings. The van der Waals surface area contributed by atoms with E-state index in [2.05, 4.69) is 0 Å². The van der Waals surface area contributed by atoms with E-state index in [0.29, 0.717) is 17.7 Å². The maximum atomic E-state index is 12.6. The SMILES string of the molecule is COc1cccc(OC)c1C(=O)[PH](=O)CC(C)c1ccccc1. The summed E-state index contributed by atoms with van der Waals surface area (Å²) in [6, 6.07) is 14.9. The van der Waals surface area contributed by atoms with Gasteiger partial charge >= 0.3 is 0 Å². The van der Waals surface area contributed by atoms with Crippen molar-refractivity contribution in [2.24, 2.45) is 0 Å². The second kappa shape index (κ2) is 7.98. The third-order valence-corrected chi connectivity index (χ3v) is 5.51. The molecule has 2 rings (SSSR count). The lowest BCUT2D eigenvalue weighted by Crippen LogP contribution is -2.05. The lowest BCUT2D eigenvalue weighted by atomic mass is 10.0. The number of methoxy groups -OCH3 is 2. The average Bonchev–Trinajstić information content (AvgIpc) is 2.60. The predicted octanol–water partition coefficient (Wildman–Crippen LogP) is 4.21. The monoisotopic (exact) mass is 332 g/mol. The molecule has 0 saturated heterocycles. The van der Waals surface area contributed by atoms with Crippen molar-refractivity contribution in [1.82, 2.24) is 0 Å². The summed E-state index contributed by atoms with van der Waals surface area (Å²) in [4.78, 5) is 12.6. The Morgan fingerprint density at radius 2 is 1.57 bits per heavy atom. The Bertz CT molecular complexity index is 675. The first-order chi connectivity index (χ1) is 11.1. The number of hydrogen-bond donors (Lipinski definition) is 0. The lowest BCUT2D eigenvalue weighted by Gasteiger charge is -2.14. The zero-order chi connectivity index (χ0) is 16.8. The summed E-state index contributed by atoms with van der Waals surface area (Å²) < 4.78 is 23.0. The second-order valence-electron chi connectivity index (χ2n) is 5.31. The molecule has 0 aliphatic heterocycles. The highest BCUT2D eigenvalue weighted by Gasteiger charge is 2.24. The van der Waals surface area contributed by atoms with Crippen LogP contribution in [0.5, 0.6) is 11.5 Å². The smallest absolute Gasteiger partial charge is 0.225 e. The van der Waals surface area contributed by atoms with E-state index in [1.54, 1.807) is 18.2 Å². The minimum absolute atomic E-state index is 0.0484. The van der Waals surface area contributed by atoms with Gasteiger partial charge < -0.3 is 14.0 Å². The van der Waals surface area contributed by atoms with Crippen LogP contribution in [0.1, 0.15) is 28.8 Å². The molecule has 0 heterocycles. The van der Waals surface area contributed by atoms with Gasteiger partial charge in [0.2, 0.25) is 5.52 Å². The van der Waals surface area contributed by atoms with Crippen molar-refractivity contribution in [2.75, 3.05) is 20.4 Å². The molecule has 23 heavy (non-hydrogen) atoms. The Balaban J connectivity index is 2.22. The van der Waals surface area contributed by atoms with Crippen LogP contribution in [0.3, 0.4) is 0 Å². The predicted molar refractivity (Wildman–Crippen MR) is 92.6 cm³/mol. The van der Waals surface area contributed by atoms with Crippen molar-refractivity contribution < 1.29 is 18.8 Å². The van der Waals surface area contributed by atoms with Crippen molar-refractivity contribution in [1.29, 1.82) is 0 Å². The normalized spacial score (nSPS) is 13.2. The van der Waals surface area contributed by atoms with E-state index in [1.165, 1.54) is 14.2 Å². The molecule has 0 aliphatic rings. The lowest BCUT2D eigenvalue weighted by molar-refractivity contribution is 0.107. The average molecular weight is 332 g/mol. The topological polar surface area (TPSA) is 52.6 Å². The van der Waals surface area contributed by atoms with Crippen LogP contribution >= 0.6 is 7.80 Å². The molecule has 0 aliphatic carbocycles.